The van der Waals surface area contributed by atoms with Crippen LogP contribution in [0.3, 0.4) is 0 Å². The summed E-state index contributed by atoms with van der Waals surface area (Å²) in [4.78, 5) is 12.8. The summed E-state index contributed by atoms with van der Waals surface area (Å²) in [6.07, 6.45) is 1.09. The van der Waals surface area contributed by atoms with E-state index in [-0.39, 0.29) is 4.90 Å². The number of rotatable bonds is 7. The molecule has 0 saturated heterocycles. The second-order valence-corrected chi connectivity index (χ2v) is 11.6. The van der Waals surface area contributed by atoms with E-state index >= 15 is 0 Å². The zero-order valence-corrected chi connectivity index (χ0v) is 20.3. The fraction of sp³-hybridized carbons (Fsp3) is 0.174. The fourth-order valence-corrected chi connectivity index (χ4v) is 4.70. The predicted octanol–water partition coefficient (Wildman–Crippen LogP) is 3.47. The minimum Gasteiger partial charge on any atom is -0.322 e. The van der Waals surface area contributed by atoms with Gasteiger partial charge in [0.2, 0.25) is 10.0 Å². The molecule has 0 aliphatic carbocycles. The number of aryl methyl sites for hydroxylation is 1. The number of hydrogen-bond acceptors (Lipinski definition) is 5. The molecular weight excluding hydrogens is 462 g/mol. The first-order valence-electron chi connectivity index (χ1n) is 9.90. The van der Waals surface area contributed by atoms with Gasteiger partial charge in [-0.05, 0) is 61.5 Å². The first-order valence-corrected chi connectivity index (χ1v) is 13.2. The van der Waals surface area contributed by atoms with Gasteiger partial charge < -0.3 is 5.32 Å². The summed E-state index contributed by atoms with van der Waals surface area (Å²) in [5.41, 5.74) is 2.52. The molecule has 0 radical (unpaired) electrons. The third kappa shape index (κ3) is 5.52. The van der Waals surface area contributed by atoms with Gasteiger partial charge in [0, 0.05) is 25.3 Å². The van der Waals surface area contributed by atoms with E-state index in [9.17, 15) is 21.6 Å². The van der Waals surface area contributed by atoms with Gasteiger partial charge in [-0.25, -0.2) is 16.8 Å². The van der Waals surface area contributed by atoms with Crippen LogP contribution in [0.2, 0.25) is 0 Å². The lowest BCUT2D eigenvalue weighted by atomic mass is 10.2. The van der Waals surface area contributed by atoms with Crippen molar-refractivity contribution in [3.8, 4) is 0 Å². The highest BCUT2D eigenvalue weighted by Crippen LogP contribution is 2.24. The lowest BCUT2D eigenvalue weighted by molar-refractivity contribution is 0.102. The van der Waals surface area contributed by atoms with Crippen molar-refractivity contribution in [1.82, 2.24) is 0 Å². The average Bonchev–Trinajstić information content (AvgIpc) is 2.78. The SMILES string of the molecule is Cc1ccc(S(=O)(=O)N(C)c2ccc(C(=O)Nc3cccc(N(C)S(C)(=O)=O)c3)cc2)cc1. The third-order valence-electron chi connectivity index (χ3n) is 5.14. The van der Waals surface area contributed by atoms with E-state index in [1.165, 1.54) is 26.2 Å². The van der Waals surface area contributed by atoms with Crippen molar-refractivity contribution in [3.63, 3.8) is 0 Å². The Morgan fingerprint density at radius 2 is 1.39 bits per heavy atom. The fourth-order valence-electron chi connectivity index (χ4n) is 3.00. The predicted molar refractivity (Wildman–Crippen MR) is 131 cm³/mol. The number of benzene rings is 3. The highest BCUT2D eigenvalue weighted by atomic mass is 32.2. The quantitative estimate of drug-likeness (QED) is 0.550. The lowest BCUT2D eigenvalue weighted by Gasteiger charge is -2.20. The zero-order chi connectivity index (χ0) is 24.4. The van der Waals surface area contributed by atoms with Gasteiger partial charge in [0.1, 0.15) is 0 Å². The van der Waals surface area contributed by atoms with Gasteiger partial charge in [0.15, 0.2) is 0 Å². The molecule has 1 N–H and O–H groups in total. The van der Waals surface area contributed by atoms with Gasteiger partial charge >= 0.3 is 0 Å². The molecule has 8 nitrogen and oxygen atoms in total. The Morgan fingerprint density at radius 3 is 1.97 bits per heavy atom. The van der Waals surface area contributed by atoms with Crippen LogP contribution < -0.4 is 13.9 Å². The molecule has 3 aromatic carbocycles. The van der Waals surface area contributed by atoms with E-state index in [1.807, 2.05) is 6.92 Å². The Hall–Kier alpha value is -3.37. The molecule has 0 spiro atoms. The minimum atomic E-state index is -3.74. The molecule has 0 unspecified atom stereocenters. The zero-order valence-electron chi connectivity index (χ0n) is 18.7. The molecule has 174 valence electrons. The summed E-state index contributed by atoms with van der Waals surface area (Å²) in [5, 5.41) is 2.72. The molecule has 33 heavy (non-hydrogen) atoms. The van der Waals surface area contributed by atoms with Gasteiger partial charge in [-0.1, -0.05) is 23.8 Å². The van der Waals surface area contributed by atoms with Crippen molar-refractivity contribution in [1.29, 1.82) is 0 Å². The van der Waals surface area contributed by atoms with Crippen molar-refractivity contribution >= 4 is 43.0 Å². The van der Waals surface area contributed by atoms with Crippen LogP contribution in [0.15, 0.2) is 77.7 Å². The highest BCUT2D eigenvalue weighted by Gasteiger charge is 2.21. The van der Waals surface area contributed by atoms with Crippen LogP contribution >= 0.6 is 0 Å². The van der Waals surface area contributed by atoms with Gasteiger partial charge in [0.25, 0.3) is 15.9 Å². The number of nitrogens with zero attached hydrogens (tertiary/aromatic N) is 2. The summed E-state index contributed by atoms with van der Waals surface area (Å²) in [5.74, 6) is -0.412. The number of carbonyl (C=O) groups excluding carboxylic acids is 1. The molecule has 0 saturated carbocycles. The molecule has 0 aromatic heterocycles. The topological polar surface area (TPSA) is 104 Å². The monoisotopic (exact) mass is 487 g/mol. The standard InChI is InChI=1S/C23H25N3O5S2/c1-17-8-14-22(15-9-17)33(30,31)26(3)20-12-10-18(11-13-20)23(27)24-19-6-5-7-21(16-19)25(2)32(4,28)29/h5-16H,1-4H3,(H,24,27). The van der Waals surface area contributed by atoms with Crippen LogP contribution in [0, 0.1) is 6.92 Å². The van der Waals surface area contributed by atoms with Gasteiger partial charge in [-0.2, -0.15) is 0 Å². The lowest BCUT2D eigenvalue weighted by Crippen LogP contribution is -2.26. The van der Waals surface area contributed by atoms with Gasteiger partial charge in [0.05, 0.1) is 22.5 Å². The molecule has 0 atom stereocenters. The van der Waals surface area contributed by atoms with Crippen molar-refractivity contribution in [2.45, 2.75) is 11.8 Å². The molecule has 0 aliphatic rings. The van der Waals surface area contributed by atoms with Crippen LogP contribution in [0.25, 0.3) is 0 Å². The average molecular weight is 488 g/mol. The van der Waals surface area contributed by atoms with Crippen LogP contribution in [0.1, 0.15) is 15.9 Å². The van der Waals surface area contributed by atoms with Crippen LogP contribution in [0.4, 0.5) is 17.1 Å². The molecule has 0 heterocycles. The van der Waals surface area contributed by atoms with E-state index in [1.54, 1.807) is 60.7 Å². The maximum Gasteiger partial charge on any atom is 0.264 e. The number of carbonyl (C=O) groups is 1. The first-order chi connectivity index (χ1) is 15.4. The van der Waals surface area contributed by atoms with E-state index in [4.69, 9.17) is 0 Å². The highest BCUT2D eigenvalue weighted by molar-refractivity contribution is 7.92. The van der Waals surface area contributed by atoms with Crippen molar-refractivity contribution in [2.75, 3.05) is 34.3 Å². The summed E-state index contributed by atoms with van der Waals surface area (Å²) in [7, 11) is -4.29. The van der Waals surface area contributed by atoms with Crippen LogP contribution in [-0.4, -0.2) is 43.1 Å². The Labute approximate surface area is 194 Å². The molecule has 0 bridgehead atoms. The van der Waals surface area contributed by atoms with E-state index in [2.05, 4.69) is 5.32 Å². The number of nitrogens with one attached hydrogen (secondary N) is 1. The second-order valence-electron chi connectivity index (χ2n) is 7.57. The Bertz CT molecular complexity index is 1370. The number of anilines is 3. The largest absolute Gasteiger partial charge is 0.322 e. The molecular formula is C23H25N3O5S2. The van der Waals surface area contributed by atoms with Crippen LogP contribution in [0.5, 0.6) is 0 Å². The summed E-state index contributed by atoms with van der Waals surface area (Å²) >= 11 is 0. The maximum atomic E-state index is 12.9. The van der Waals surface area contributed by atoms with E-state index in [0.29, 0.717) is 22.6 Å². The molecule has 1 amide bonds. The molecule has 10 heteroatoms. The summed E-state index contributed by atoms with van der Waals surface area (Å²) < 4.78 is 51.5. The smallest absolute Gasteiger partial charge is 0.264 e. The molecule has 0 fully saturated rings. The minimum absolute atomic E-state index is 0.177. The van der Waals surface area contributed by atoms with Crippen molar-refractivity contribution in [3.05, 3.63) is 83.9 Å². The summed E-state index contributed by atoms with van der Waals surface area (Å²) in [6.45, 7) is 1.88. The molecule has 3 rings (SSSR count). The normalized spacial score (nSPS) is 11.6. The van der Waals surface area contributed by atoms with E-state index in [0.717, 1.165) is 20.4 Å². The van der Waals surface area contributed by atoms with Gasteiger partial charge in [-0.15, -0.1) is 0 Å². The van der Waals surface area contributed by atoms with Gasteiger partial charge in [-0.3, -0.25) is 13.4 Å². The first kappa shape index (κ1) is 24.3. The molecule has 0 aliphatic heterocycles. The second kappa shape index (κ2) is 9.24. The Balaban J connectivity index is 1.76. The number of hydrogen-bond donors (Lipinski definition) is 1. The third-order valence-corrected chi connectivity index (χ3v) is 8.14. The van der Waals surface area contributed by atoms with Crippen molar-refractivity contribution in [2.24, 2.45) is 0 Å². The Kier molecular flexibility index (Phi) is 6.80. The number of sulfonamides is 2. The summed E-state index contributed by atoms with van der Waals surface area (Å²) in [6, 6.07) is 19.2. The number of amides is 1. The Morgan fingerprint density at radius 1 is 0.788 bits per heavy atom. The van der Waals surface area contributed by atoms with E-state index < -0.39 is 26.0 Å². The van der Waals surface area contributed by atoms with Crippen LogP contribution in [-0.2, 0) is 20.0 Å². The maximum absolute atomic E-state index is 12.9. The van der Waals surface area contributed by atoms with Crippen molar-refractivity contribution < 1.29 is 21.6 Å². The molecule has 3 aromatic rings.